The Morgan fingerprint density at radius 3 is 2.23 bits per heavy atom. The monoisotopic (exact) mass is 175 g/mol. The summed E-state index contributed by atoms with van der Waals surface area (Å²) in [4.78, 5) is 2.28. The maximum atomic E-state index is 8.87. The van der Waals surface area contributed by atoms with Gasteiger partial charge < -0.3 is 10.0 Å². The predicted octanol–water partition coefficient (Wildman–Crippen LogP) is 1.56. The van der Waals surface area contributed by atoms with Crippen molar-refractivity contribution in [1.82, 2.24) is 0 Å². The van der Waals surface area contributed by atoms with Crippen molar-refractivity contribution in [2.24, 2.45) is 0 Å². The van der Waals surface area contributed by atoms with Crippen LogP contribution >= 0.6 is 0 Å². The van der Waals surface area contributed by atoms with Crippen LogP contribution in [0, 0.1) is 0 Å². The first-order valence-corrected chi connectivity index (χ1v) is 4.50. The summed E-state index contributed by atoms with van der Waals surface area (Å²) in [5.74, 6) is 0. The van der Waals surface area contributed by atoms with E-state index in [-0.39, 0.29) is 6.61 Å². The summed E-state index contributed by atoms with van der Waals surface area (Å²) in [5.41, 5.74) is 2.19. The molecule has 1 aromatic rings. The van der Waals surface area contributed by atoms with Gasteiger partial charge in [0.1, 0.15) is 0 Å². The molecule has 0 atom stereocenters. The van der Waals surface area contributed by atoms with Crippen LogP contribution in [0.2, 0.25) is 0 Å². The lowest BCUT2D eigenvalue weighted by molar-refractivity contribution is 0.282. The van der Waals surface area contributed by atoms with Crippen LogP contribution in [-0.4, -0.2) is 18.2 Å². The molecule has 2 rings (SSSR count). The fraction of sp³-hybridized carbons (Fsp3) is 0.273. The number of anilines is 1. The standard InChI is InChI=1S/C11H13NO/c13-9-10-3-5-11(6-4-10)12-7-1-2-8-12/h1-6,13H,7-9H2. The summed E-state index contributed by atoms with van der Waals surface area (Å²) in [5, 5.41) is 8.87. The average molecular weight is 175 g/mol. The highest BCUT2D eigenvalue weighted by Gasteiger charge is 2.06. The maximum absolute atomic E-state index is 8.87. The lowest BCUT2D eigenvalue weighted by Gasteiger charge is -2.17. The van der Waals surface area contributed by atoms with E-state index < -0.39 is 0 Å². The van der Waals surface area contributed by atoms with Crippen LogP contribution in [-0.2, 0) is 6.61 Å². The Labute approximate surface area is 78.1 Å². The Kier molecular flexibility index (Phi) is 2.32. The molecule has 0 aromatic heterocycles. The van der Waals surface area contributed by atoms with Crippen molar-refractivity contribution >= 4 is 5.69 Å². The van der Waals surface area contributed by atoms with Crippen LogP contribution in [0.25, 0.3) is 0 Å². The van der Waals surface area contributed by atoms with E-state index in [9.17, 15) is 0 Å². The van der Waals surface area contributed by atoms with Gasteiger partial charge in [0.05, 0.1) is 6.61 Å². The van der Waals surface area contributed by atoms with Crippen LogP contribution in [0.3, 0.4) is 0 Å². The number of aliphatic hydroxyl groups excluding tert-OH is 1. The number of hydrogen-bond donors (Lipinski definition) is 1. The summed E-state index contributed by atoms with van der Waals surface area (Å²) in [6, 6.07) is 8.04. The molecule has 1 aliphatic rings. The van der Waals surface area contributed by atoms with Crippen molar-refractivity contribution in [1.29, 1.82) is 0 Å². The minimum Gasteiger partial charge on any atom is -0.392 e. The Morgan fingerprint density at radius 1 is 1.08 bits per heavy atom. The molecule has 13 heavy (non-hydrogen) atoms. The topological polar surface area (TPSA) is 23.5 Å². The number of rotatable bonds is 2. The zero-order valence-electron chi connectivity index (χ0n) is 7.48. The van der Waals surface area contributed by atoms with Crippen LogP contribution < -0.4 is 4.90 Å². The van der Waals surface area contributed by atoms with E-state index in [1.165, 1.54) is 5.69 Å². The van der Waals surface area contributed by atoms with Gasteiger partial charge in [0, 0.05) is 18.8 Å². The van der Waals surface area contributed by atoms with Gasteiger partial charge in [-0.25, -0.2) is 0 Å². The van der Waals surface area contributed by atoms with Crippen LogP contribution in [0.1, 0.15) is 5.56 Å². The minimum atomic E-state index is 0.124. The van der Waals surface area contributed by atoms with Crippen molar-refractivity contribution < 1.29 is 5.11 Å². The van der Waals surface area contributed by atoms with Crippen LogP contribution in [0.15, 0.2) is 36.4 Å². The fourth-order valence-corrected chi connectivity index (χ4v) is 1.50. The van der Waals surface area contributed by atoms with Gasteiger partial charge in [0.25, 0.3) is 0 Å². The summed E-state index contributed by atoms with van der Waals surface area (Å²) >= 11 is 0. The Bertz CT molecular complexity index is 294. The second kappa shape index (κ2) is 3.62. The first-order valence-electron chi connectivity index (χ1n) is 4.50. The minimum absolute atomic E-state index is 0.124. The second-order valence-corrected chi connectivity index (χ2v) is 3.20. The van der Waals surface area contributed by atoms with Gasteiger partial charge in [0.15, 0.2) is 0 Å². The molecule has 2 nitrogen and oxygen atoms in total. The fourth-order valence-electron chi connectivity index (χ4n) is 1.50. The average Bonchev–Trinajstić information content (AvgIpc) is 2.71. The van der Waals surface area contributed by atoms with Crippen LogP contribution in [0.4, 0.5) is 5.69 Å². The first-order chi connectivity index (χ1) is 6.40. The summed E-state index contributed by atoms with van der Waals surface area (Å²) in [6.45, 7) is 2.12. The van der Waals surface area contributed by atoms with E-state index in [4.69, 9.17) is 5.11 Å². The molecule has 0 spiro atoms. The van der Waals surface area contributed by atoms with Gasteiger partial charge in [-0.05, 0) is 17.7 Å². The van der Waals surface area contributed by atoms with Crippen molar-refractivity contribution in [3.8, 4) is 0 Å². The molecule has 2 heteroatoms. The molecule has 1 heterocycles. The summed E-state index contributed by atoms with van der Waals surface area (Å²) in [7, 11) is 0. The zero-order chi connectivity index (χ0) is 9.10. The quantitative estimate of drug-likeness (QED) is 0.689. The molecule has 0 aliphatic carbocycles. The van der Waals surface area contributed by atoms with E-state index in [0.717, 1.165) is 18.7 Å². The molecule has 0 bridgehead atoms. The Balaban J connectivity index is 2.13. The van der Waals surface area contributed by atoms with E-state index in [1.54, 1.807) is 0 Å². The van der Waals surface area contributed by atoms with E-state index >= 15 is 0 Å². The third-order valence-electron chi connectivity index (χ3n) is 2.30. The molecule has 1 N–H and O–H groups in total. The lowest BCUT2D eigenvalue weighted by atomic mass is 10.2. The first kappa shape index (κ1) is 8.32. The van der Waals surface area contributed by atoms with E-state index in [0.29, 0.717) is 0 Å². The molecule has 1 aliphatic heterocycles. The van der Waals surface area contributed by atoms with Gasteiger partial charge in [-0.3, -0.25) is 0 Å². The van der Waals surface area contributed by atoms with Crippen molar-refractivity contribution in [2.75, 3.05) is 18.0 Å². The number of aliphatic hydroxyl groups is 1. The van der Waals surface area contributed by atoms with E-state index in [1.807, 2.05) is 12.1 Å². The molecule has 0 saturated carbocycles. The highest BCUT2D eigenvalue weighted by molar-refractivity contribution is 5.50. The molecule has 0 fully saturated rings. The molecule has 0 saturated heterocycles. The largest absolute Gasteiger partial charge is 0.392 e. The van der Waals surface area contributed by atoms with Crippen LogP contribution in [0.5, 0.6) is 0 Å². The zero-order valence-corrected chi connectivity index (χ0v) is 7.48. The van der Waals surface area contributed by atoms with Crippen molar-refractivity contribution in [3.05, 3.63) is 42.0 Å². The van der Waals surface area contributed by atoms with Crippen molar-refractivity contribution in [2.45, 2.75) is 6.61 Å². The Hall–Kier alpha value is -1.28. The van der Waals surface area contributed by atoms with Crippen molar-refractivity contribution in [3.63, 3.8) is 0 Å². The number of nitrogens with zero attached hydrogens (tertiary/aromatic N) is 1. The van der Waals surface area contributed by atoms with Gasteiger partial charge in [0.2, 0.25) is 0 Å². The van der Waals surface area contributed by atoms with E-state index in [2.05, 4.69) is 29.2 Å². The smallest absolute Gasteiger partial charge is 0.0681 e. The SMILES string of the molecule is OCc1ccc(N2CC=CC2)cc1. The third-order valence-corrected chi connectivity index (χ3v) is 2.30. The summed E-state index contributed by atoms with van der Waals surface area (Å²) in [6.07, 6.45) is 4.33. The van der Waals surface area contributed by atoms with Gasteiger partial charge in [-0.1, -0.05) is 24.3 Å². The predicted molar refractivity (Wildman–Crippen MR) is 53.7 cm³/mol. The number of hydrogen-bond acceptors (Lipinski definition) is 2. The molecular formula is C11H13NO. The highest BCUT2D eigenvalue weighted by atomic mass is 16.3. The molecule has 0 unspecified atom stereocenters. The molecule has 68 valence electrons. The maximum Gasteiger partial charge on any atom is 0.0681 e. The molecule has 0 amide bonds. The second-order valence-electron chi connectivity index (χ2n) is 3.20. The Morgan fingerprint density at radius 2 is 1.69 bits per heavy atom. The van der Waals surface area contributed by atoms with Gasteiger partial charge in [-0.15, -0.1) is 0 Å². The lowest BCUT2D eigenvalue weighted by Crippen LogP contribution is -2.18. The number of benzene rings is 1. The molecule has 1 aromatic carbocycles. The molecular weight excluding hydrogens is 162 g/mol. The summed E-state index contributed by atoms with van der Waals surface area (Å²) < 4.78 is 0. The molecule has 0 radical (unpaired) electrons. The third kappa shape index (κ3) is 1.73. The van der Waals surface area contributed by atoms with Gasteiger partial charge >= 0.3 is 0 Å². The highest BCUT2D eigenvalue weighted by Crippen LogP contribution is 2.17. The normalized spacial score (nSPS) is 15.3. The van der Waals surface area contributed by atoms with Gasteiger partial charge in [-0.2, -0.15) is 0 Å².